The van der Waals surface area contributed by atoms with Gasteiger partial charge in [0.2, 0.25) is 0 Å². The zero-order chi connectivity index (χ0) is 19.6. The van der Waals surface area contributed by atoms with Crippen molar-refractivity contribution in [2.75, 3.05) is 0 Å². The molecule has 0 heteroatoms. The zero-order valence-corrected chi connectivity index (χ0v) is 16.2. The summed E-state index contributed by atoms with van der Waals surface area (Å²) >= 11 is 0. The molecule has 0 amide bonds. The molecule has 0 nitrogen and oxygen atoms in total. The predicted octanol–water partition coefficient (Wildman–Crippen LogP) is 7.27. The Bertz CT molecular complexity index is 1310. The van der Waals surface area contributed by atoms with Crippen LogP contribution < -0.4 is 0 Å². The van der Waals surface area contributed by atoms with Crippen LogP contribution in [0.3, 0.4) is 0 Å². The Balaban J connectivity index is 1.62. The Morgan fingerprint density at radius 1 is 0.724 bits per heavy atom. The van der Waals surface area contributed by atoms with Crippen molar-refractivity contribution in [3.05, 3.63) is 137 Å². The van der Waals surface area contributed by atoms with E-state index in [1.54, 1.807) is 0 Å². The van der Waals surface area contributed by atoms with Gasteiger partial charge in [-0.05, 0) is 73.9 Å². The molecule has 0 N–H and O–H groups in total. The normalized spacial score (nSPS) is 22.4. The van der Waals surface area contributed by atoms with E-state index in [0.29, 0.717) is 0 Å². The van der Waals surface area contributed by atoms with Gasteiger partial charge in [0.1, 0.15) is 0 Å². The van der Waals surface area contributed by atoms with E-state index in [0.717, 1.165) is 5.56 Å². The Hall–Kier alpha value is -3.64. The SMILES string of the molecule is C=CC1=CC=C2C(=Cc3cc(C=C)ccc32)C12C=CC=C1C2=Cc2ccccc21. The number of hydrogen-bond acceptors (Lipinski definition) is 0. The van der Waals surface area contributed by atoms with Crippen LogP contribution >= 0.6 is 0 Å². The quantitative estimate of drug-likeness (QED) is 0.523. The molecule has 136 valence electrons. The van der Waals surface area contributed by atoms with Crippen molar-refractivity contribution in [1.82, 2.24) is 0 Å². The fourth-order valence-electron chi connectivity index (χ4n) is 5.26. The smallest absolute Gasteiger partial charge is 0.0647 e. The molecule has 0 fully saturated rings. The minimum atomic E-state index is -0.303. The molecule has 1 unspecified atom stereocenters. The van der Waals surface area contributed by atoms with Gasteiger partial charge in [-0.25, -0.2) is 0 Å². The summed E-state index contributed by atoms with van der Waals surface area (Å²) in [6, 6.07) is 15.3. The standard InChI is InChI=1S/C29H20/c1-3-19-11-13-24-21(16-19)18-28-26(24)14-12-22(4-2)29(28)15-7-10-25-23-9-6-5-8-20(23)17-27(25)29/h3-18H,1-2H2. The molecule has 4 aliphatic rings. The fourth-order valence-corrected chi connectivity index (χ4v) is 5.26. The van der Waals surface area contributed by atoms with Crippen LogP contribution in [-0.2, 0) is 0 Å². The summed E-state index contributed by atoms with van der Waals surface area (Å²) in [6.45, 7) is 8.11. The maximum absolute atomic E-state index is 4.17. The summed E-state index contributed by atoms with van der Waals surface area (Å²) in [6.07, 6.45) is 20.0. The summed E-state index contributed by atoms with van der Waals surface area (Å²) in [7, 11) is 0. The number of rotatable bonds is 2. The number of fused-ring (bicyclic) bond motifs is 8. The van der Waals surface area contributed by atoms with Crippen molar-refractivity contribution in [3.8, 4) is 0 Å². The highest BCUT2D eigenvalue weighted by Gasteiger charge is 2.47. The summed E-state index contributed by atoms with van der Waals surface area (Å²) in [5.74, 6) is 0. The fraction of sp³-hybridized carbons (Fsp3) is 0.0345. The molecule has 0 bridgehead atoms. The molecule has 29 heavy (non-hydrogen) atoms. The third kappa shape index (κ3) is 1.98. The first-order chi connectivity index (χ1) is 14.3. The Morgan fingerprint density at radius 2 is 1.48 bits per heavy atom. The van der Waals surface area contributed by atoms with Crippen molar-refractivity contribution >= 4 is 29.4 Å². The highest BCUT2D eigenvalue weighted by Crippen LogP contribution is 2.61. The van der Waals surface area contributed by atoms with E-state index in [-0.39, 0.29) is 5.41 Å². The summed E-state index contributed by atoms with van der Waals surface area (Å²) in [5, 5.41) is 0. The first-order valence-electron chi connectivity index (χ1n) is 10.0. The Morgan fingerprint density at radius 3 is 2.31 bits per heavy atom. The third-order valence-corrected chi connectivity index (χ3v) is 6.60. The highest BCUT2D eigenvalue weighted by atomic mass is 14.5. The summed E-state index contributed by atoms with van der Waals surface area (Å²) in [4.78, 5) is 0. The lowest BCUT2D eigenvalue weighted by molar-refractivity contribution is 0.716. The highest BCUT2D eigenvalue weighted by molar-refractivity contribution is 6.06. The lowest BCUT2D eigenvalue weighted by atomic mass is 9.61. The van der Waals surface area contributed by atoms with Gasteiger partial charge in [-0.3, -0.25) is 0 Å². The van der Waals surface area contributed by atoms with Gasteiger partial charge in [0.15, 0.2) is 0 Å². The molecule has 1 spiro atoms. The zero-order valence-electron chi connectivity index (χ0n) is 16.2. The number of allylic oxidation sites excluding steroid dienone is 11. The lowest BCUT2D eigenvalue weighted by Crippen LogP contribution is -2.28. The topological polar surface area (TPSA) is 0 Å². The van der Waals surface area contributed by atoms with Crippen molar-refractivity contribution in [3.63, 3.8) is 0 Å². The summed E-state index contributed by atoms with van der Waals surface area (Å²) in [5.41, 5.74) is 12.6. The van der Waals surface area contributed by atoms with Crippen molar-refractivity contribution in [2.24, 2.45) is 5.41 Å². The molecule has 1 atom stereocenters. The minimum Gasteiger partial charge on any atom is -0.0987 e. The van der Waals surface area contributed by atoms with Gasteiger partial charge in [-0.15, -0.1) is 0 Å². The average molecular weight is 368 g/mol. The molecule has 6 rings (SSSR count). The van der Waals surface area contributed by atoms with Crippen LogP contribution in [0.1, 0.15) is 27.8 Å². The van der Waals surface area contributed by atoms with Crippen molar-refractivity contribution in [2.45, 2.75) is 0 Å². The van der Waals surface area contributed by atoms with E-state index in [4.69, 9.17) is 0 Å². The third-order valence-electron chi connectivity index (χ3n) is 6.60. The van der Waals surface area contributed by atoms with Crippen LogP contribution in [0.25, 0.3) is 29.4 Å². The average Bonchev–Trinajstić information content (AvgIpc) is 3.33. The maximum atomic E-state index is 4.17. The second-order valence-corrected chi connectivity index (χ2v) is 7.91. The Kier molecular flexibility index (Phi) is 3.20. The molecule has 2 aromatic rings. The molecule has 2 aromatic carbocycles. The lowest BCUT2D eigenvalue weighted by Gasteiger charge is -2.40. The maximum Gasteiger partial charge on any atom is 0.0647 e. The van der Waals surface area contributed by atoms with Crippen LogP contribution in [0.2, 0.25) is 0 Å². The van der Waals surface area contributed by atoms with Gasteiger partial charge in [-0.2, -0.15) is 0 Å². The van der Waals surface area contributed by atoms with Gasteiger partial charge in [-0.1, -0.05) is 92.1 Å². The molecule has 0 saturated carbocycles. The van der Waals surface area contributed by atoms with E-state index >= 15 is 0 Å². The minimum absolute atomic E-state index is 0.303. The van der Waals surface area contributed by atoms with Gasteiger partial charge >= 0.3 is 0 Å². The number of benzene rings is 2. The largest absolute Gasteiger partial charge is 0.0987 e. The first kappa shape index (κ1) is 16.3. The van der Waals surface area contributed by atoms with Crippen LogP contribution in [-0.4, -0.2) is 0 Å². The molecule has 0 heterocycles. The first-order valence-corrected chi connectivity index (χ1v) is 10.0. The summed E-state index contributed by atoms with van der Waals surface area (Å²) < 4.78 is 0. The predicted molar refractivity (Wildman–Crippen MR) is 125 cm³/mol. The van der Waals surface area contributed by atoms with Crippen LogP contribution in [0.5, 0.6) is 0 Å². The van der Waals surface area contributed by atoms with E-state index in [1.165, 1.54) is 50.1 Å². The van der Waals surface area contributed by atoms with E-state index in [2.05, 4.69) is 98.2 Å². The van der Waals surface area contributed by atoms with E-state index in [9.17, 15) is 0 Å². The van der Waals surface area contributed by atoms with E-state index < -0.39 is 0 Å². The molecule has 0 aliphatic heterocycles. The molecule has 0 saturated heterocycles. The molecule has 4 aliphatic carbocycles. The Labute approximate surface area is 171 Å². The van der Waals surface area contributed by atoms with Gasteiger partial charge in [0, 0.05) is 0 Å². The second kappa shape index (κ2) is 5.68. The monoisotopic (exact) mass is 368 g/mol. The van der Waals surface area contributed by atoms with Crippen LogP contribution in [0, 0.1) is 5.41 Å². The molecule has 0 aromatic heterocycles. The number of hydrogen-bond donors (Lipinski definition) is 0. The molecular weight excluding hydrogens is 348 g/mol. The van der Waals surface area contributed by atoms with E-state index in [1.807, 2.05) is 12.2 Å². The van der Waals surface area contributed by atoms with Crippen LogP contribution in [0.15, 0.2) is 109 Å². The molecule has 0 radical (unpaired) electrons. The van der Waals surface area contributed by atoms with Crippen molar-refractivity contribution < 1.29 is 0 Å². The van der Waals surface area contributed by atoms with Gasteiger partial charge in [0.25, 0.3) is 0 Å². The van der Waals surface area contributed by atoms with Gasteiger partial charge in [0.05, 0.1) is 5.41 Å². The van der Waals surface area contributed by atoms with Gasteiger partial charge < -0.3 is 0 Å². The second-order valence-electron chi connectivity index (χ2n) is 7.91. The van der Waals surface area contributed by atoms with Crippen LogP contribution in [0.4, 0.5) is 0 Å². The van der Waals surface area contributed by atoms with Crippen molar-refractivity contribution in [1.29, 1.82) is 0 Å². The molecular formula is C29H20.